The van der Waals surface area contributed by atoms with Crippen molar-refractivity contribution in [3.63, 3.8) is 0 Å². The van der Waals surface area contributed by atoms with Crippen LogP contribution < -0.4 is 0 Å². The molecule has 0 aliphatic rings. The first-order chi connectivity index (χ1) is 7.02. The van der Waals surface area contributed by atoms with E-state index in [-0.39, 0.29) is 6.42 Å². The predicted molar refractivity (Wildman–Crippen MR) is 60.1 cm³/mol. The van der Waals surface area contributed by atoms with Gasteiger partial charge in [-0.05, 0) is 31.4 Å². The molecule has 3 nitrogen and oxygen atoms in total. The fraction of sp³-hybridized carbons (Fsp3) is 0.583. The van der Waals surface area contributed by atoms with Crippen LogP contribution in [0.15, 0.2) is 12.1 Å². The van der Waals surface area contributed by atoms with Gasteiger partial charge in [0.1, 0.15) is 0 Å². The molecule has 1 N–H and O–H groups in total. The van der Waals surface area contributed by atoms with Crippen molar-refractivity contribution in [2.45, 2.75) is 46.1 Å². The van der Waals surface area contributed by atoms with Crippen molar-refractivity contribution in [2.75, 3.05) is 0 Å². The number of carboxylic acids is 1. The monoisotopic (exact) mass is 209 g/mol. The van der Waals surface area contributed by atoms with Crippen molar-refractivity contribution < 1.29 is 9.90 Å². The molecule has 0 amide bonds. The number of aliphatic carboxylic acids is 1. The molecule has 3 heteroatoms. The fourth-order valence-corrected chi connectivity index (χ4v) is 1.79. The fourth-order valence-electron chi connectivity index (χ4n) is 1.79. The highest BCUT2D eigenvalue weighted by Gasteiger charge is 2.08. The van der Waals surface area contributed by atoms with Crippen molar-refractivity contribution in [2.24, 2.45) is 0 Å². The Bertz CT molecular complexity index is 339. The third-order valence-electron chi connectivity index (χ3n) is 2.60. The Hall–Kier alpha value is -1.25. The van der Waals surface area contributed by atoms with E-state index >= 15 is 0 Å². The van der Waals surface area contributed by atoms with E-state index in [1.807, 2.05) is 0 Å². The number of aryl methyl sites for hydroxylation is 1. The summed E-state index contributed by atoms with van der Waals surface area (Å²) in [5.41, 5.74) is 2.50. The van der Waals surface area contributed by atoms with Crippen molar-refractivity contribution in [1.29, 1.82) is 0 Å². The SMILES string of the molecule is Cc1ccc(C(C)C)n1CCCC(=O)O. The van der Waals surface area contributed by atoms with Gasteiger partial charge >= 0.3 is 5.97 Å². The summed E-state index contributed by atoms with van der Waals surface area (Å²) in [5.74, 6) is -0.227. The second kappa shape index (κ2) is 5.01. The largest absolute Gasteiger partial charge is 0.481 e. The summed E-state index contributed by atoms with van der Waals surface area (Å²) < 4.78 is 2.22. The number of carboxylic acid groups (broad SMARTS) is 1. The lowest BCUT2D eigenvalue weighted by atomic mass is 10.1. The van der Waals surface area contributed by atoms with Crippen LogP contribution in [0.4, 0.5) is 0 Å². The molecule has 1 aromatic rings. The molecule has 0 bridgehead atoms. The Morgan fingerprint density at radius 3 is 2.67 bits per heavy atom. The Morgan fingerprint density at radius 1 is 1.47 bits per heavy atom. The van der Waals surface area contributed by atoms with Gasteiger partial charge in [-0.25, -0.2) is 0 Å². The first kappa shape index (κ1) is 11.8. The van der Waals surface area contributed by atoms with E-state index in [2.05, 4.69) is 37.5 Å². The van der Waals surface area contributed by atoms with Gasteiger partial charge in [-0.15, -0.1) is 0 Å². The van der Waals surface area contributed by atoms with E-state index in [0.29, 0.717) is 12.3 Å². The maximum Gasteiger partial charge on any atom is 0.303 e. The summed E-state index contributed by atoms with van der Waals surface area (Å²) in [6.45, 7) is 7.18. The van der Waals surface area contributed by atoms with Gasteiger partial charge in [0.25, 0.3) is 0 Å². The second-order valence-corrected chi connectivity index (χ2v) is 4.20. The summed E-state index contributed by atoms with van der Waals surface area (Å²) in [6.07, 6.45) is 0.944. The van der Waals surface area contributed by atoms with Gasteiger partial charge in [-0.1, -0.05) is 13.8 Å². The van der Waals surface area contributed by atoms with E-state index in [9.17, 15) is 4.79 Å². The lowest BCUT2D eigenvalue weighted by Gasteiger charge is -2.13. The molecule has 0 fully saturated rings. The van der Waals surface area contributed by atoms with E-state index in [1.54, 1.807) is 0 Å². The zero-order valence-corrected chi connectivity index (χ0v) is 9.66. The first-order valence-corrected chi connectivity index (χ1v) is 5.40. The van der Waals surface area contributed by atoms with E-state index in [4.69, 9.17) is 5.11 Å². The molecule has 0 saturated heterocycles. The molecule has 84 valence electrons. The van der Waals surface area contributed by atoms with Gasteiger partial charge in [0.2, 0.25) is 0 Å². The molecule has 0 aliphatic heterocycles. The average molecular weight is 209 g/mol. The number of carbonyl (C=O) groups is 1. The van der Waals surface area contributed by atoms with Gasteiger partial charge in [0, 0.05) is 24.4 Å². The van der Waals surface area contributed by atoms with E-state index < -0.39 is 5.97 Å². The van der Waals surface area contributed by atoms with Crippen molar-refractivity contribution >= 4 is 5.97 Å². The number of hydrogen-bond donors (Lipinski definition) is 1. The van der Waals surface area contributed by atoms with Crippen LogP contribution in [0, 0.1) is 6.92 Å². The minimum atomic E-state index is -0.717. The molecule has 0 aliphatic carbocycles. The Labute approximate surface area is 90.7 Å². The van der Waals surface area contributed by atoms with Crippen LogP contribution in [0.1, 0.15) is 44.0 Å². The Morgan fingerprint density at radius 2 is 2.13 bits per heavy atom. The lowest BCUT2D eigenvalue weighted by Crippen LogP contribution is -2.07. The van der Waals surface area contributed by atoms with Crippen LogP contribution >= 0.6 is 0 Å². The third-order valence-corrected chi connectivity index (χ3v) is 2.60. The Kier molecular flexibility index (Phi) is 3.95. The summed E-state index contributed by atoms with van der Waals surface area (Å²) in [5, 5.41) is 8.58. The number of hydrogen-bond acceptors (Lipinski definition) is 1. The van der Waals surface area contributed by atoms with Gasteiger partial charge in [-0.2, -0.15) is 0 Å². The summed E-state index contributed by atoms with van der Waals surface area (Å²) in [6, 6.07) is 4.22. The van der Waals surface area contributed by atoms with Gasteiger partial charge < -0.3 is 9.67 Å². The molecule has 1 rings (SSSR count). The highest BCUT2D eigenvalue weighted by Crippen LogP contribution is 2.18. The molecule has 0 atom stereocenters. The molecule has 0 radical (unpaired) electrons. The molecule has 15 heavy (non-hydrogen) atoms. The van der Waals surface area contributed by atoms with Crippen LogP contribution in [0.3, 0.4) is 0 Å². The van der Waals surface area contributed by atoms with Crippen molar-refractivity contribution in [3.05, 3.63) is 23.5 Å². The minimum Gasteiger partial charge on any atom is -0.481 e. The zero-order chi connectivity index (χ0) is 11.4. The second-order valence-electron chi connectivity index (χ2n) is 4.20. The number of nitrogens with zero attached hydrogens (tertiary/aromatic N) is 1. The molecule has 1 heterocycles. The van der Waals surface area contributed by atoms with Crippen LogP contribution in [0.5, 0.6) is 0 Å². The quantitative estimate of drug-likeness (QED) is 0.810. The summed E-state index contributed by atoms with van der Waals surface area (Å²) >= 11 is 0. The van der Waals surface area contributed by atoms with Gasteiger partial charge in [0.15, 0.2) is 0 Å². The number of rotatable bonds is 5. The zero-order valence-electron chi connectivity index (χ0n) is 9.66. The molecular weight excluding hydrogens is 190 g/mol. The summed E-state index contributed by atoms with van der Waals surface area (Å²) in [4.78, 5) is 10.4. The molecule has 1 aromatic heterocycles. The average Bonchev–Trinajstić information content (AvgIpc) is 2.47. The van der Waals surface area contributed by atoms with Crippen LogP contribution in [-0.2, 0) is 11.3 Å². The smallest absolute Gasteiger partial charge is 0.303 e. The maximum absolute atomic E-state index is 10.4. The van der Waals surface area contributed by atoms with Crippen molar-refractivity contribution in [3.8, 4) is 0 Å². The highest BCUT2D eigenvalue weighted by molar-refractivity contribution is 5.66. The van der Waals surface area contributed by atoms with Crippen LogP contribution in [0.2, 0.25) is 0 Å². The summed E-state index contributed by atoms with van der Waals surface area (Å²) in [7, 11) is 0. The molecule has 0 saturated carbocycles. The topological polar surface area (TPSA) is 42.2 Å². The predicted octanol–water partition coefficient (Wildman–Crippen LogP) is 2.78. The third kappa shape index (κ3) is 3.11. The van der Waals surface area contributed by atoms with E-state index in [1.165, 1.54) is 11.4 Å². The first-order valence-electron chi connectivity index (χ1n) is 5.40. The minimum absolute atomic E-state index is 0.245. The Balaban J connectivity index is 2.66. The normalized spacial score (nSPS) is 10.9. The van der Waals surface area contributed by atoms with Crippen molar-refractivity contribution in [1.82, 2.24) is 4.57 Å². The van der Waals surface area contributed by atoms with E-state index in [0.717, 1.165) is 6.54 Å². The highest BCUT2D eigenvalue weighted by atomic mass is 16.4. The van der Waals surface area contributed by atoms with Crippen LogP contribution in [0.25, 0.3) is 0 Å². The van der Waals surface area contributed by atoms with Gasteiger partial charge in [-0.3, -0.25) is 4.79 Å². The molecule has 0 aromatic carbocycles. The van der Waals surface area contributed by atoms with Crippen LogP contribution in [-0.4, -0.2) is 15.6 Å². The molecule has 0 spiro atoms. The lowest BCUT2D eigenvalue weighted by molar-refractivity contribution is -0.137. The molecular formula is C12H19NO2. The van der Waals surface area contributed by atoms with Gasteiger partial charge in [0.05, 0.1) is 0 Å². The molecule has 0 unspecified atom stereocenters. The standard InChI is InChI=1S/C12H19NO2/c1-9(2)11-7-6-10(3)13(11)8-4-5-12(14)15/h6-7,9H,4-5,8H2,1-3H3,(H,14,15). The number of aromatic nitrogens is 1. The maximum atomic E-state index is 10.4.